The van der Waals surface area contributed by atoms with Gasteiger partial charge in [-0.25, -0.2) is 8.42 Å². The minimum absolute atomic E-state index is 0.0204. The summed E-state index contributed by atoms with van der Waals surface area (Å²) in [6.07, 6.45) is 5.50. The van der Waals surface area contributed by atoms with Gasteiger partial charge in [0.25, 0.3) is 10.0 Å². The van der Waals surface area contributed by atoms with Gasteiger partial charge in [0.1, 0.15) is 4.21 Å². The Morgan fingerprint density at radius 3 is 2.79 bits per heavy atom. The van der Waals surface area contributed by atoms with Crippen molar-refractivity contribution in [3.63, 3.8) is 0 Å². The number of anilines is 1. The number of hydrogen-bond acceptors (Lipinski definition) is 7. The molecule has 178 valence electrons. The molecule has 2 fully saturated rings. The van der Waals surface area contributed by atoms with E-state index in [9.17, 15) is 13.2 Å². The maximum absolute atomic E-state index is 13.4. The van der Waals surface area contributed by atoms with Gasteiger partial charge in [-0.3, -0.25) is 4.79 Å². The molecule has 3 aromatic rings. The summed E-state index contributed by atoms with van der Waals surface area (Å²) >= 11 is 1.16. The molecular weight excluding hydrogens is 472 g/mol. The smallest absolute Gasteiger partial charge is 0.252 e. The van der Waals surface area contributed by atoms with E-state index < -0.39 is 10.0 Å². The molecule has 8 nitrogen and oxygen atoms in total. The number of carbonyl (C=O) groups is 1. The fourth-order valence-electron chi connectivity index (χ4n) is 5.02. The van der Waals surface area contributed by atoms with Gasteiger partial charge in [0.05, 0.1) is 5.92 Å². The standard InChI is InChI=1S/C24H26N4O4S2/c29-24(28-12-10-16-5-1-2-9-20(16)28)18-8-4-11-27(14-18)34(30,31)21-13-19(15-33-21)22-25-23(32-26-22)17-6-3-7-17/h1-2,5,9,13,15,17-18H,3-4,6-8,10-12,14H2/t18-/m1/s1. The molecule has 2 aliphatic heterocycles. The zero-order chi connectivity index (χ0) is 23.3. The lowest BCUT2D eigenvalue weighted by Crippen LogP contribution is -2.46. The van der Waals surface area contributed by atoms with Crippen LogP contribution in [-0.2, 0) is 21.2 Å². The first-order chi connectivity index (χ1) is 16.5. The fraction of sp³-hybridized carbons (Fsp3) is 0.458. The van der Waals surface area contributed by atoms with Gasteiger partial charge in [-0.2, -0.15) is 9.29 Å². The van der Waals surface area contributed by atoms with Crippen molar-refractivity contribution in [2.75, 3.05) is 24.5 Å². The second-order valence-corrected chi connectivity index (χ2v) is 12.4. The molecule has 1 aromatic carbocycles. The maximum atomic E-state index is 13.4. The van der Waals surface area contributed by atoms with Gasteiger partial charge >= 0.3 is 0 Å². The summed E-state index contributed by atoms with van der Waals surface area (Å²) in [6, 6.07) is 9.57. The highest BCUT2D eigenvalue weighted by Crippen LogP contribution is 2.37. The van der Waals surface area contributed by atoms with Crippen LogP contribution in [-0.4, -0.2) is 48.4 Å². The van der Waals surface area contributed by atoms with E-state index in [1.165, 1.54) is 16.3 Å². The van der Waals surface area contributed by atoms with Crippen LogP contribution in [0.25, 0.3) is 11.4 Å². The van der Waals surface area contributed by atoms with Crippen LogP contribution >= 0.6 is 11.3 Å². The maximum Gasteiger partial charge on any atom is 0.252 e. The number of thiophene rings is 1. The first kappa shape index (κ1) is 21.9. The fourth-order valence-corrected chi connectivity index (χ4v) is 7.85. The van der Waals surface area contributed by atoms with Crippen LogP contribution in [0.15, 0.2) is 44.4 Å². The van der Waals surface area contributed by atoms with Crippen molar-refractivity contribution in [3.8, 4) is 11.4 Å². The molecule has 1 saturated heterocycles. The van der Waals surface area contributed by atoms with E-state index in [-0.39, 0.29) is 22.6 Å². The lowest BCUT2D eigenvalue weighted by atomic mass is 9.85. The summed E-state index contributed by atoms with van der Waals surface area (Å²) in [5.74, 6) is 1.08. The number of para-hydroxylation sites is 1. The molecule has 0 bridgehead atoms. The molecule has 3 aliphatic rings. The normalized spacial score (nSPS) is 21.4. The zero-order valence-corrected chi connectivity index (χ0v) is 20.4. The number of hydrogen-bond donors (Lipinski definition) is 0. The van der Waals surface area contributed by atoms with Crippen LogP contribution < -0.4 is 4.90 Å². The number of piperidine rings is 1. The van der Waals surface area contributed by atoms with E-state index in [0.29, 0.717) is 49.1 Å². The average molecular weight is 499 g/mol. The lowest BCUT2D eigenvalue weighted by molar-refractivity contribution is -0.123. The second kappa shape index (κ2) is 8.58. The van der Waals surface area contributed by atoms with Gasteiger partial charge in [-0.15, -0.1) is 11.3 Å². The van der Waals surface area contributed by atoms with Crippen LogP contribution in [0.1, 0.15) is 49.5 Å². The Morgan fingerprint density at radius 2 is 1.97 bits per heavy atom. The Balaban J connectivity index is 1.18. The van der Waals surface area contributed by atoms with Crippen LogP contribution in [0.3, 0.4) is 0 Å². The minimum atomic E-state index is -3.71. The SMILES string of the molecule is O=C([C@@H]1CCCN(S(=O)(=O)c2cc(-c3noc(C4CCC4)n3)cs2)C1)N1CCc2ccccc21. The van der Waals surface area contributed by atoms with E-state index in [2.05, 4.69) is 10.1 Å². The van der Waals surface area contributed by atoms with Crippen molar-refractivity contribution in [2.45, 2.75) is 48.7 Å². The van der Waals surface area contributed by atoms with Gasteiger partial charge in [-0.1, -0.05) is 29.8 Å². The van der Waals surface area contributed by atoms with Gasteiger partial charge < -0.3 is 9.42 Å². The third-order valence-electron chi connectivity index (χ3n) is 7.21. The largest absolute Gasteiger partial charge is 0.339 e. The predicted octanol–water partition coefficient (Wildman–Crippen LogP) is 4.06. The predicted molar refractivity (Wildman–Crippen MR) is 128 cm³/mol. The summed E-state index contributed by atoms with van der Waals surface area (Å²) in [7, 11) is -3.71. The third kappa shape index (κ3) is 3.77. The van der Waals surface area contributed by atoms with E-state index in [4.69, 9.17) is 4.52 Å². The topological polar surface area (TPSA) is 96.6 Å². The molecule has 1 saturated carbocycles. The Hall–Kier alpha value is -2.56. The van der Waals surface area contributed by atoms with Crippen molar-refractivity contribution in [1.29, 1.82) is 0 Å². The molecule has 1 aliphatic carbocycles. The number of benzene rings is 1. The molecule has 0 spiro atoms. The van der Waals surface area contributed by atoms with E-state index in [1.807, 2.05) is 29.2 Å². The van der Waals surface area contributed by atoms with Crippen molar-refractivity contribution in [3.05, 3.63) is 47.2 Å². The molecule has 4 heterocycles. The Kier molecular flexibility index (Phi) is 5.54. The zero-order valence-electron chi connectivity index (χ0n) is 18.7. The molecule has 1 atom stereocenters. The summed E-state index contributed by atoms with van der Waals surface area (Å²) < 4.78 is 34.0. The lowest BCUT2D eigenvalue weighted by Gasteiger charge is -2.33. The Morgan fingerprint density at radius 1 is 1.12 bits per heavy atom. The molecule has 0 N–H and O–H groups in total. The van der Waals surface area contributed by atoms with E-state index in [0.717, 1.165) is 36.3 Å². The summed E-state index contributed by atoms with van der Waals surface area (Å²) in [4.78, 5) is 19.6. The van der Waals surface area contributed by atoms with Gasteiger partial charge in [0, 0.05) is 42.2 Å². The molecule has 6 rings (SSSR count). The number of aromatic nitrogens is 2. The molecule has 34 heavy (non-hydrogen) atoms. The van der Waals surface area contributed by atoms with E-state index in [1.54, 1.807) is 11.4 Å². The van der Waals surface area contributed by atoms with Crippen LogP contribution in [0.4, 0.5) is 5.69 Å². The molecule has 0 unspecified atom stereocenters. The monoisotopic (exact) mass is 498 g/mol. The Bertz CT molecular complexity index is 1330. The molecule has 2 aromatic heterocycles. The average Bonchev–Trinajstić information content (AvgIpc) is 3.57. The quantitative estimate of drug-likeness (QED) is 0.526. The van der Waals surface area contributed by atoms with Crippen molar-refractivity contribution < 1.29 is 17.7 Å². The van der Waals surface area contributed by atoms with Gasteiger partial charge in [-0.05, 0) is 49.8 Å². The number of amides is 1. The van der Waals surface area contributed by atoms with E-state index >= 15 is 0 Å². The molecule has 0 radical (unpaired) electrons. The minimum Gasteiger partial charge on any atom is -0.339 e. The Labute approximate surface area is 202 Å². The van der Waals surface area contributed by atoms with Crippen molar-refractivity contribution in [1.82, 2.24) is 14.4 Å². The third-order valence-corrected chi connectivity index (χ3v) is 10.5. The van der Waals surface area contributed by atoms with Crippen LogP contribution in [0.2, 0.25) is 0 Å². The summed E-state index contributed by atoms with van der Waals surface area (Å²) in [6.45, 7) is 1.29. The summed E-state index contributed by atoms with van der Waals surface area (Å²) in [5.41, 5.74) is 2.78. The van der Waals surface area contributed by atoms with Crippen molar-refractivity contribution >= 4 is 33.0 Å². The van der Waals surface area contributed by atoms with Gasteiger partial charge in [0.2, 0.25) is 17.6 Å². The molecule has 1 amide bonds. The number of nitrogens with zero attached hydrogens (tertiary/aromatic N) is 4. The number of carbonyl (C=O) groups excluding carboxylic acids is 1. The second-order valence-electron chi connectivity index (χ2n) is 9.31. The van der Waals surface area contributed by atoms with Crippen molar-refractivity contribution in [2.24, 2.45) is 5.92 Å². The first-order valence-electron chi connectivity index (χ1n) is 11.8. The molecular formula is C24H26N4O4S2. The highest BCUT2D eigenvalue weighted by molar-refractivity contribution is 7.91. The van der Waals surface area contributed by atoms with Gasteiger partial charge in [0.15, 0.2) is 0 Å². The first-order valence-corrected chi connectivity index (χ1v) is 14.1. The number of fused-ring (bicyclic) bond motifs is 1. The highest BCUT2D eigenvalue weighted by Gasteiger charge is 2.37. The number of sulfonamides is 1. The highest BCUT2D eigenvalue weighted by atomic mass is 32.2. The van der Waals surface area contributed by atoms with Crippen LogP contribution in [0.5, 0.6) is 0 Å². The van der Waals surface area contributed by atoms with Crippen LogP contribution in [0, 0.1) is 5.92 Å². The number of rotatable bonds is 5. The molecule has 10 heteroatoms. The summed E-state index contributed by atoms with van der Waals surface area (Å²) in [5, 5.41) is 5.82.